The molecule has 0 spiro atoms. The third kappa shape index (κ3) is 5.30. The smallest absolute Gasteiger partial charge is 0.0524 e. The summed E-state index contributed by atoms with van der Waals surface area (Å²) in [5.74, 6) is 0. The quantitative estimate of drug-likeness (QED) is 0.782. The van der Waals surface area contributed by atoms with E-state index in [0.717, 1.165) is 19.4 Å². The third-order valence-corrected chi connectivity index (χ3v) is 3.38. The van der Waals surface area contributed by atoms with E-state index >= 15 is 0 Å². The van der Waals surface area contributed by atoms with Crippen molar-refractivity contribution in [3.63, 3.8) is 0 Å². The van der Waals surface area contributed by atoms with Gasteiger partial charge in [0.1, 0.15) is 0 Å². The average Bonchev–Trinajstić information content (AvgIpc) is 2.50. The molecule has 0 aliphatic rings. The first-order valence-electron chi connectivity index (χ1n) is 5.54. The van der Waals surface area contributed by atoms with Gasteiger partial charge in [-0.15, -0.1) is 11.3 Å². The maximum atomic E-state index is 9.12. The van der Waals surface area contributed by atoms with Crippen molar-refractivity contribution in [1.82, 2.24) is 5.32 Å². The van der Waals surface area contributed by atoms with Gasteiger partial charge in [0.05, 0.1) is 6.10 Å². The van der Waals surface area contributed by atoms with Crippen molar-refractivity contribution >= 4 is 11.3 Å². The first kappa shape index (κ1) is 12.7. The van der Waals surface area contributed by atoms with E-state index < -0.39 is 0 Å². The summed E-state index contributed by atoms with van der Waals surface area (Å²) >= 11 is 1.87. The molecule has 0 radical (unpaired) electrons. The number of nitrogens with one attached hydrogen (secondary N) is 1. The lowest BCUT2D eigenvalue weighted by Crippen LogP contribution is -2.30. The molecular weight excluding hydrogens is 206 g/mol. The fourth-order valence-corrected chi connectivity index (χ4v) is 2.53. The van der Waals surface area contributed by atoms with E-state index in [1.54, 1.807) is 0 Å². The molecule has 1 aromatic rings. The highest BCUT2D eigenvalue weighted by molar-refractivity contribution is 7.11. The molecule has 3 heteroatoms. The molecule has 2 nitrogen and oxygen atoms in total. The van der Waals surface area contributed by atoms with E-state index in [1.165, 1.54) is 9.75 Å². The van der Waals surface area contributed by atoms with Gasteiger partial charge in [-0.05, 0) is 52.3 Å². The van der Waals surface area contributed by atoms with Crippen LogP contribution in [0, 0.1) is 6.92 Å². The zero-order valence-electron chi connectivity index (χ0n) is 9.79. The minimum atomic E-state index is -0.200. The van der Waals surface area contributed by atoms with E-state index in [2.05, 4.69) is 31.3 Å². The molecule has 15 heavy (non-hydrogen) atoms. The van der Waals surface area contributed by atoms with E-state index in [9.17, 15) is 0 Å². The monoisotopic (exact) mass is 227 g/mol. The normalized spacial score (nSPS) is 15.2. The molecular formula is C12H21NOS. The fourth-order valence-electron chi connectivity index (χ4n) is 1.51. The minimum absolute atomic E-state index is 0.200. The Bertz CT molecular complexity index is 283. The number of hydrogen-bond acceptors (Lipinski definition) is 3. The number of aliphatic hydroxyl groups excluding tert-OH is 1. The predicted molar refractivity (Wildman–Crippen MR) is 66.5 cm³/mol. The van der Waals surface area contributed by atoms with Gasteiger partial charge >= 0.3 is 0 Å². The molecule has 1 aromatic heterocycles. The van der Waals surface area contributed by atoms with Crippen LogP contribution in [0.2, 0.25) is 0 Å². The van der Waals surface area contributed by atoms with Crippen LogP contribution in [0.25, 0.3) is 0 Å². The molecule has 2 N–H and O–H groups in total. The Morgan fingerprint density at radius 3 is 2.67 bits per heavy atom. The van der Waals surface area contributed by atoms with Gasteiger partial charge in [0.2, 0.25) is 0 Å². The van der Waals surface area contributed by atoms with Crippen LogP contribution in [0.4, 0.5) is 0 Å². The minimum Gasteiger partial charge on any atom is -0.393 e. The number of aryl methyl sites for hydroxylation is 1. The number of hydrogen-bond donors (Lipinski definition) is 2. The van der Waals surface area contributed by atoms with Crippen LogP contribution >= 0.6 is 11.3 Å². The van der Waals surface area contributed by atoms with Crippen molar-refractivity contribution in [1.29, 1.82) is 0 Å². The van der Waals surface area contributed by atoms with Crippen LogP contribution in [-0.2, 0) is 6.42 Å². The van der Waals surface area contributed by atoms with Crippen LogP contribution < -0.4 is 5.32 Å². The lowest BCUT2D eigenvalue weighted by Gasteiger charge is -2.13. The summed E-state index contributed by atoms with van der Waals surface area (Å²) in [5.41, 5.74) is 0. The highest BCUT2D eigenvalue weighted by Crippen LogP contribution is 2.16. The van der Waals surface area contributed by atoms with Crippen LogP contribution in [0.3, 0.4) is 0 Å². The molecule has 0 bridgehead atoms. The van der Waals surface area contributed by atoms with Crippen molar-refractivity contribution in [3.8, 4) is 0 Å². The molecule has 0 aromatic carbocycles. The summed E-state index contributed by atoms with van der Waals surface area (Å²) in [6, 6.07) is 4.86. The van der Waals surface area contributed by atoms with Crippen molar-refractivity contribution in [2.75, 3.05) is 6.54 Å². The standard InChI is InChI=1S/C12H21NOS/c1-9(13-7-6-10(2)14)8-12-5-4-11(3)15-12/h4-5,9-10,13-14H,6-8H2,1-3H3. The zero-order chi connectivity index (χ0) is 11.3. The lowest BCUT2D eigenvalue weighted by molar-refractivity contribution is 0.182. The maximum Gasteiger partial charge on any atom is 0.0524 e. The van der Waals surface area contributed by atoms with Crippen molar-refractivity contribution < 1.29 is 5.11 Å². The van der Waals surface area contributed by atoms with Crippen molar-refractivity contribution in [3.05, 3.63) is 21.9 Å². The highest BCUT2D eigenvalue weighted by atomic mass is 32.1. The summed E-state index contributed by atoms with van der Waals surface area (Å²) in [5, 5.41) is 12.5. The summed E-state index contributed by atoms with van der Waals surface area (Å²) in [4.78, 5) is 2.81. The second kappa shape index (κ2) is 6.26. The Morgan fingerprint density at radius 1 is 1.40 bits per heavy atom. The topological polar surface area (TPSA) is 32.3 Å². The number of thiophene rings is 1. The van der Waals surface area contributed by atoms with Gasteiger partial charge < -0.3 is 10.4 Å². The van der Waals surface area contributed by atoms with Crippen molar-refractivity contribution in [2.45, 2.75) is 45.8 Å². The summed E-state index contributed by atoms with van der Waals surface area (Å²) in [7, 11) is 0. The first-order valence-corrected chi connectivity index (χ1v) is 6.36. The molecule has 0 saturated heterocycles. The van der Waals surface area contributed by atoms with Crippen LogP contribution in [0.1, 0.15) is 30.0 Å². The SMILES string of the molecule is Cc1ccc(CC(C)NCCC(C)O)s1. The molecule has 2 unspecified atom stereocenters. The molecule has 0 amide bonds. The van der Waals surface area contributed by atoms with Crippen molar-refractivity contribution in [2.24, 2.45) is 0 Å². The molecule has 0 aliphatic heterocycles. The predicted octanol–water partition coefficient (Wildman–Crippen LogP) is 2.35. The van der Waals surface area contributed by atoms with Gasteiger partial charge in [0, 0.05) is 15.8 Å². The van der Waals surface area contributed by atoms with Crippen LogP contribution in [0.5, 0.6) is 0 Å². The molecule has 0 fully saturated rings. The maximum absolute atomic E-state index is 9.12. The number of aliphatic hydroxyl groups is 1. The Balaban J connectivity index is 2.21. The van der Waals surface area contributed by atoms with E-state index in [0.29, 0.717) is 6.04 Å². The second-order valence-electron chi connectivity index (χ2n) is 4.21. The zero-order valence-corrected chi connectivity index (χ0v) is 10.6. The van der Waals surface area contributed by atoms with Crippen LogP contribution in [0.15, 0.2) is 12.1 Å². The Hall–Kier alpha value is -0.380. The molecule has 1 heterocycles. The first-order chi connectivity index (χ1) is 7.08. The summed E-state index contributed by atoms with van der Waals surface area (Å²) in [6.07, 6.45) is 1.71. The summed E-state index contributed by atoms with van der Waals surface area (Å²) < 4.78 is 0. The fraction of sp³-hybridized carbons (Fsp3) is 0.667. The van der Waals surface area contributed by atoms with Gasteiger partial charge in [-0.1, -0.05) is 0 Å². The molecule has 2 atom stereocenters. The van der Waals surface area contributed by atoms with E-state index in [4.69, 9.17) is 5.11 Å². The summed E-state index contributed by atoms with van der Waals surface area (Å²) in [6.45, 7) is 7.05. The number of rotatable bonds is 6. The van der Waals surface area contributed by atoms with Gasteiger partial charge in [0.25, 0.3) is 0 Å². The average molecular weight is 227 g/mol. The van der Waals surface area contributed by atoms with E-state index in [-0.39, 0.29) is 6.10 Å². The molecule has 0 saturated carbocycles. The highest BCUT2D eigenvalue weighted by Gasteiger charge is 2.05. The molecule has 86 valence electrons. The van der Waals surface area contributed by atoms with Gasteiger partial charge in [-0.3, -0.25) is 0 Å². The van der Waals surface area contributed by atoms with Gasteiger partial charge in [-0.25, -0.2) is 0 Å². The largest absolute Gasteiger partial charge is 0.393 e. The Kier molecular flexibility index (Phi) is 5.29. The Morgan fingerprint density at radius 2 is 2.13 bits per heavy atom. The lowest BCUT2D eigenvalue weighted by atomic mass is 10.2. The molecule has 1 rings (SSSR count). The molecule has 0 aliphatic carbocycles. The third-order valence-electron chi connectivity index (χ3n) is 2.36. The van der Waals surface area contributed by atoms with Gasteiger partial charge in [-0.2, -0.15) is 0 Å². The Labute approximate surface area is 96.3 Å². The second-order valence-corrected chi connectivity index (χ2v) is 5.58. The van der Waals surface area contributed by atoms with Gasteiger partial charge in [0.15, 0.2) is 0 Å². The van der Waals surface area contributed by atoms with Crippen LogP contribution in [-0.4, -0.2) is 23.8 Å². The van der Waals surface area contributed by atoms with E-state index in [1.807, 2.05) is 18.3 Å².